The van der Waals surface area contributed by atoms with Crippen LogP contribution in [-0.2, 0) is 4.79 Å². The number of benzene rings is 1. The van der Waals surface area contributed by atoms with Crippen LogP contribution in [-0.4, -0.2) is 23.6 Å². The van der Waals surface area contributed by atoms with Gasteiger partial charge in [0.15, 0.2) is 0 Å². The predicted octanol–water partition coefficient (Wildman–Crippen LogP) is 9.12. The van der Waals surface area contributed by atoms with Gasteiger partial charge in [-0.15, -0.1) is 0 Å². The summed E-state index contributed by atoms with van der Waals surface area (Å²) in [6.45, 7) is 10.2. The fourth-order valence-corrected chi connectivity index (χ4v) is 10.3. The van der Waals surface area contributed by atoms with Crippen molar-refractivity contribution in [3.63, 3.8) is 0 Å². The molecule has 0 amide bonds. The summed E-state index contributed by atoms with van der Waals surface area (Å²) in [6, 6.07) is 8.94. The Balaban J connectivity index is 1.25. The number of fused-ring (bicyclic) bond motifs is 5. The number of Topliss-reactive ketones (excluding diaryl/α,β-unsaturated/α-hetero) is 1. The number of aliphatic hydroxyl groups is 1. The molecule has 0 radical (unpaired) electrons. The first-order valence-electron chi connectivity index (χ1n) is 16.8. The van der Waals surface area contributed by atoms with E-state index in [1.54, 1.807) is 0 Å². The molecule has 0 spiro atoms. The Morgan fingerprint density at radius 1 is 1.03 bits per heavy atom. The summed E-state index contributed by atoms with van der Waals surface area (Å²) in [7, 11) is 0. The summed E-state index contributed by atoms with van der Waals surface area (Å²) in [5.74, 6) is 5.57. The summed E-state index contributed by atoms with van der Waals surface area (Å²) in [6.07, 6.45) is 16.7. The highest BCUT2D eigenvalue weighted by atomic mass is 16.5. The molecule has 8 atom stereocenters. The minimum Gasteiger partial charge on any atom is -0.494 e. The highest BCUT2D eigenvalue weighted by Crippen LogP contribution is 2.66. The molecular formula is C36H56O3. The largest absolute Gasteiger partial charge is 0.494 e. The van der Waals surface area contributed by atoms with Gasteiger partial charge in [-0.2, -0.15) is 0 Å². The van der Waals surface area contributed by atoms with Crippen molar-refractivity contribution in [2.45, 2.75) is 136 Å². The summed E-state index contributed by atoms with van der Waals surface area (Å²) in [5, 5.41) is 11.4. The number of hydrogen-bond donors (Lipinski definition) is 1. The second-order valence-corrected chi connectivity index (χ2v) is 14.3. The molecule has 4 saturated carbocycles. The lowest BCUT2D eigenvalue weighted by molar-refractivity contribution is -0.145. The van der Waals surface area contributed by atoms with E-state index in [4.69, 9.17) is 4.74 Å². The van der Waals surface area contributed by atoms with Gasteiger partial charge in [0.2, 0.25) is 0 Å². The minimum absolute atomic E-state index is 0.0205. The monoisotopic (exact) mass is 536 g/mol. The van der Waals surface area contributed by atoms with E-state index in [1.165, 1.54) is 63.4 Å². The van der Waals surface area contributed by atoms with Crippen LogP contribution in [0, 0.1) is 40.4 Å². The van der Waals surface area contributed by atoms with Crippen LogP contribution < -0.4 is 4.74 Å². The van der Waals surface area contributed by atoms with Crippen LogP contribution in [0.25, 0.3) is 0 Å². The second-order valence-electron chi connectivity index (χ2n) is 14.3. The zero-order valence-electron chi connectivity index (χ0n) is 25.4. The molecule has 0 bridgehead atoms. The molecule has 0 aliphatic heterocycles. The normalized spacial score (nSPS) is 36.8. The number of ether oxygens (including phenoxy) is 1. The highest BCUT2D eigenvalue weighted by molar-refractivity contribution is 5.79. The maximum atomic E-state index is 12.3. The Bertz CT molecular complexity index is 968. The third-order valence-electron chi connectivity index (χ3n) is 12.7. The number of carbonyl (C=O) groups is 1. The fourth-order valence-electron chi connectivity index (χ4n) is 10.3. The smallest absolute Gasteiger partial charge is 0.133 e. The molecule has 5 rings (SSSR count). The van der Waals surface area contributed by atoms with Gasteiger partial charge in [0.05, 0.1) is 12.7 Å². The molecule has 0 aromatic heterocycles. The van der Waals surface area contributed by atoms with Gasteiger partial charge in [0, 0.05) is 18.3 Å². The lowest BCUT2D eigenvalue weighted by Gasteiger charge is -2.60. The van der Waals surface area contributed by atoms with Gasteiger partial charge >= 0.3 is 0 Å². The van der Waals surface area contributed by atoms with Crippen molar-refractivity contribution in [2.75, 3.05) is 6.61 Å². The quantitative estimate of drug-likeness (QED) is 0.307. The van der Waals surface area contributed by atoms with E-state index in [-0.39, 0.29) is 11.5 Å². The van der Waals surface area contributed by atoms with Crippen molar-refractivity contribution >= 4 is 5.78 Å². The van der Waals surface area contributed by atoms with Crippen molar-refractivity contribution < 1.29 is 14.6 Å². The molecule has 4 unspecified atom stereocenters. The van der Waals surface area contributed by atoms with Gasteiger partial charge in [-0.1, -0.05) is 59.1 Å². The van der Waals surface area contributed by atoms with Crippen LogP contribution in [0.1, 0.15) is 135 Å². The standard InChI is InChI=1S/C36H56O3/c1-5-9-26(22-25(6-2)7-3)27-10-8-11-30(23-27)39-21-20-36-19-17-32-31(33(36)14-15-34(36)38)13-12-28-24-29(37)16-18-35(28,32)4/h8,10-11,23,25-26,28,31-34,38H,5-7,9,12-22,24H2,1-4H3/t26-,28?,31?,32?,33?,34+,35+,36-/m1/s1. The number of hydrogen-bond acceptors (Lipinski definition) is 3. The molecule has 0 heterocycles. The van der Waals surface area contributed by atoms with E-state index >= 15 is 0 Å². The topological polar surface area (TPSA) is 46.5 Å². The number of rotatable bonds is 11. The van der Waals surface area contributed by atoms with Crippen molar-refractivity contribution in [2.24, 2.45) is 40.4 Å². The first-order valence-corrected chi connectivity index (χ1v) is 16.8. The van der Waals surface area contributed by atoms with Crippen LogP contribution >= 0.6 is 0 Å². The predicted molar refractivity (Wildman–Crippen MR) is 160 cm³/mol. The lowest BCUT2D eigenvalue weighted by Crippen LogP contribution is -2.55. The maximum Gasteiger partial charge on any atom is 0.133 e. The van der Waals surface area contributed by atoms with E-state index in [0.29, 0.717) is 41.5 Å². The Morgan fingerprint density at radius 2 is 1.85 bits per heavy atom. The van der Waals surface area contributed by atoms with E-state index in [9.17, 15) is 9.90 Å². The first-order chi connectivity index (χ1) is 18.8. The lowest BCUT2D eigenvalue weighted by atomic mass is 9.44. The Kier molecular flexibility index (Phi) is 9.16. The highest BCUT2D eigenvalue weighted by Gasteiger charge is 2.61. The molecule has 1 N–H and O–H groups in total. The van der Waals surface area contributed by atoms with E-state index in [2.05, 4.69) is 52.0 Å². The van der Waals surface area contributed by atoms with Gasteiger partial charge < -0.3 is 9.84 Å². The van der Waals surface area contributed by atoms with E-state index in [0.717, 1.165) is 56.1 Å². The third-order valence-corrected chi connectivity index (χ3v) is 12.7. The zero-order chi connectivity index (χ0) is 27.6. The summed E-state index contributed by atoms with van der Waals surface area (Å²) >= 11 is 0. The number of carbonyl (C=O) groups excluding carboxylic acids is 1. The Hall–Kier alpha value is -1.35. The third kappa shape index (κ3) is 5.60. The summed E-state index contributed by atoms with van der Waals surface area (Å²) in [5.41, 5.74) is 1.79. The molecule has 1 aromatic rings. The van der Waals surface area contributed by atoms with E-state index < -0.39 is 0 Å². The average Bonchev–Trinajstić information content (AvgIpc) is 3.28. The SMILES string of the molecule is CCC[C@H](CC(CC)CC)c1cccc(OCC[C@]23CCC4C(CCC5CC(=O)CC[C@@]54C)C2CC[C@@H]3O)c1. The summed E-state index contributed by atoms with van der Waals surface area (Å²) in [4.78, 5) is 12.3. The zero-order valence-corrected chi connectivity index (χ0v) is 25.4. The minimum atomic E-state index is -0.189. The molecule has 3 heteroatoms. The van der Waals surface area contributed by atoms with Crippen LogP contribution in [0.4, 0.5) is 0 Å². The van der Waals surface area contributed by atoms with Crippen molar-refractivity contribution in [3.8, 4) is 5.75 Å². The van der Waals surface area contributed by atoms with Crippen molar-refractivity contribution in [3.05, 3.63) is 29.8 Å². The van der Waals surface area contributed by atoms with Gasteiger partial charge in [-0.3, -0.25) is 4.79 Å². The maximum absolute atomic E-state index is 12.3. The fraction of sp³-hybridized carbons (Fsp3) is 0.806. The molecule has 4 fully saturated rings. The van der Waals surface area contributed by atoms with Gasteiger partial charge in [0.1, 0.15) is 11.5 Å². The molecule has 4 aliphatic carbocycles. The molecule has 3 nitrogen and oxygen atoms in total. The number of aliphatic hydroxyl groups excluding tert-OH is 1. The first kappa shape index (κ1) is 29.2. The van der Waals surface area contributed by atoms with Gasteiger partial charge in [-0.05, 0) is 123 Å². The van der Waals surface area contributed by atoms with E-state index in [1.807, 2.05) is 0 Å². The van der Waals surface area contributed by atoms with Crippen LogP contribution in [0.2, 0.25) is 0 Å². The molecule has 4 aliphatic rings. The average molecular weight is 537 g/mol. The summed E-state index contributed by atoms with van der Waals surface area (Å²) < 4.78 is 6.49. The molecule has 218 valence electrons. The van der Waals surface area contributed by atoms with Gasteiger partial charge in [-0.25, -0.2) is 0 Å². The molecular weight excluding hydrogens is 480 g/mol. The Labute approximate surface area is 238 Å². The number of ketones is 1. The molecule has 0 saturated heterocycles. The second kappa shape index (κ2) is 12.3. The Morgan fingerprint density at radius 3 is 2.62 bits per heavy atom. The van der Waals surface area contributed by atoms with Crippen LogP contribution in [0.3, 0.4) is 0 Å². The van der Waals surface area contributed by atoms with Crippen molar-refractivity contribution in [1.29, 1.82) is 0 Å². The molecule has 39 heavy (non-hydrogen) atoms. The van der Waals surface area contributed by atoms with Gasteiger partial charge in [0.25, 0.3) is 0 Å². The van der Waals surface area contributed by atoms with Crippen molar-refractivity contribution in [1.82, 2.24) is 0 Å². The van der Waals surface area contributed by atoms with Crippen LogP contribution in [0.5, 0.6) is 5.75 Å². The van der Waals surface area contributed by atoms with Crippen LogP contribution in [0.15, 0.2) is 24.3 Å². The molecule has 1 aromatic carbocycles.